The molecule has 0 radical (unpaired) electrons. The van der Waals surface area contributed by atoms with E-state index in [-0.39, 0.29) is 5.92 Å². The van der Waals surface area contributed by atoms with E-state index in [1.54, 1.807) is 6.92 Å². The molecule has 13 heavy (non-hydrogen) atoms. The summed E-state index contributed by atoms with van der Waals surface area (Å²) < 4.78 is 0. The molecule has 0 fully saturated rings. The van der Waals surface area contributed by atoms with Gasteiger partial charge in [0.2, 0.25) is 0 Å². The van der Waals surface area contributed by atoms with Crippen molar-refractivity contribution in [1.29, 1.82) is 0 Å². The Kier molecular flexibility index (Phi) is 4.16. The van der Waals surface area contributed by atoms with E-state index in [1.165, 1.54) is 0 Å². The Morgan fingerprint density at radius 2 is 1.92 bits per heavy atom. The Balaban J connectivity index is 2.63. The average molecular weight is 181 g/mol. The highest BCUT2D eigenvalue weighted by molar-refractivity contribution is 5.79. The Labute approximate surface area is 80.4 Å². The predicted octanol–water partition coefficient (Wildman–Crippen LogP) is 1.91. The lowest BCUT2D eigenvalue weighted by molar-refractivity contribution is -0.121. The second-order valence-corrected chi connectivity index (χ2v) is 3.74. The van der Waals surface area contributed by atoms with Gasteiger partial charge < -0.3 is 5.32 Å². The minimum Gasteiger partial charge on any atom is -0.316 e. The number of rotatable bonds is 2. The second-order valence-electron chi connectivity index (χ2n) is 3.74. The minimum atomic E-state index is 0.218. The Hall–Kier alpha value is -0.630. The summed E-state index contributed by atoms with van der Waals surface area (Å²) in [6.07, 6.45) is 8.63. The number of ketones is 1. The van der Waals surface area contributed by atoms with E-state index in [1.807, 2.05) is 7.05 Å². The molecular weight excluding hydrogens is 162 g/mol. The molecule has 0 spiro atoms. The topological polar surface area (TPSA) is 29.1 Å². The molecule has 2 heteroatoms. The van der Waals surface area contributed by atoms with Crippen LogP contribution >= 0.6 is 0 Å². The summed E-state index contributed by atoms with van der Waals surface area (Å²) in [7, 11) is 1.95. The van der Waals surface area contributed by atoms with Crippen LogP contribution in [0.2, 0.25) is 0 Å². The monoisotopic (exact) mass is 181 g/mol. The third-order valence-electron chi connectivity index (χ3n) is 2.83. The molecule has 0 aromatic heterocycles. The lowest BCUT2D eigenvalue weighted by Crippen LogP contribution is -2.37. The van der Waals surface area contributed by atoms with Crippen LogP contribution in [0.3, 0.4) is 0 Å². The molecule has 2 nitrogen and oxygen atoms in total. The van der Waals surface area contributed by atoms with Crippen molar-refractivity contribution in [3.63, 3.8) is 0 Å². The zero-order valence-corrected chi connectivity index (χ0v) is 8.55. The number of carbonyl (C=O) groups excluding carboxylic acids is 1. The van der Waals surface area contributed by atoms with Crippen LogP contribution in [-0.4, -0.2) is 18.9 Å². The molecule has 1 unspecified atom stereocenters. The maximum Gasteiger partial charge on any atom is 0.134 e. The lowest BCUT2D eigenvalue weighted by atomic mass is 9.86. The highest BCUT2D eigenvalue weighted by Gasteiger charge is 2.23. The van der Waals surface area contributed by atoms with Gasteiger partial charge in [-0.15, -0.1) is 0 Å². The van der Waals surface area contributed by atoms with Crippen molar-refractivity contribution in [2.75, 3.05) is 7.05 Å². The molecule has 0 aliphatic heterocycles. The summed E-state index contributed by atoms with van der Waals surface area (Å²) in [4.78, 5) is 11.4. The first-order valence-corrected chi connectivity index (χ1v) is 5.08. The first-order chi connectivity index (χ1) is 6.25. The van der Waals surface area contributed by atoms with E-state index < -0.39 is 0 Å². The summed E-state index contributed by atoms with van der Waals surface area (Å²) in [6, 6.07) is 0.377. The first kappa shape index (κ1) is 10.5. The maximum atomic E-state index is 11.4. The fraction of sp³-hybridized carbons (Fsp3) is 0.727. The van der Waals surface area contributed by atoms with E-state index in [4.69, 9.17) is 0 Å². The van der Waals surface area contributed by atoms with Gasteiger partial charge in [0.25, 0.3) is 0 Å². The molecule has 2 atom stereocenters. The van der Waals surface area contributed by atoms with Crippen molar-refractivity contribution in [1.82, 2.24) is 5.32 Å². The quantitative estimate of drug-likeness (QED) is 0.659. The van der Waals surface area contributed by atoms with Crippen molar-refractivity contribution in [2.45, 2.75) is 38.6 Å². The Bertz CT molecular complexity index is 198. The largest absolute Gasteiger partial charge is 0.316 e. The molecule has 0 aromatic rings. The van der Waals surface area contributed by atoms with Gasteiger partial charge in [-0.1, -0.05) is 12.2 Å². The molecule has 1 N–H and O–H groups in total. The number of hydrogen-bond acceptors (Lipinski definition) is 2. The van der Waals surface area contributed by atoms with Crippen molar-refractivity contribution in [3.8, 4) is 0 Å². The molecule has 0 saturated heterocycles. The standard InChI is InChI=1S/C11H19NO/c1-9(13)10-7-5-3-4-6-8-11(10)12-2/h3-4,10-12H,5-8H2,1-2H3/b4-3-/t10-,11?/m0/s1. The molecular formula is C11H19NO. The zero-order chi connectivity index (χ0) is 9.68. The van der Waals surface area contributed by atoms with Gasteiger partial charge in [-0.25, -0.2) is 0 Å². The average Bonchev–Trinajstić information content (AvgIpc) is 2.03. The summed E-state index contributed by atoms with van der Waals surface area (Å²) in [5.74, 6) is 0.546. The van der Waals surface area contributed by atoms with Crippen LogP contribution in [-0.2, 0) is 4.79 Å². The molecule has 0 heterocycles. The van der Waals surface area contributed by atoms with Crippen LogP contribution in [0.15, 0.2) is 12.2 Å². The van der Waals surface area contributed by atoms with Gasteiger partial charge in [-0.2, -0.15) is 0 Å². The maximum absolute atomic E-state index is 11.4. The van der Waals surface area contributed by atoms with E-state index in [0.29, 0.717) is 11.8 Å². The van der Waals surface area contributed by atoms with Crippen LogP contribution in [0.1, 0.15) is 32.6 Å². The van der Waals surface area contributed by atoms with Gasteiger partial charge in [0, 0.05) is 12.0 Å². The molecule has 74 valence electrons. The third kappa shape index (κ3) is 2.96. The highest BCUT2D eigenvalue weighted by Crippen LogP contribution is 2.20. The van der Waals surface area contributed by atoms with E-state index in [2.05, 4.69) is 17.5 Å². The first-order valence-electron chi connectivity index (χ1n) is 5.08. The number of allylic oxidation sites excluding steroid dienone is 2. The normalized spacial score (nSPS) is 31.8. The Morgan fingerprint density at radius 3 is 2.46 bits per heavy atom. The summed E-state index contributed by atoms with van der Waals surface area (Å²) >= 11 is 0. The van der Waals surface area contributed by atoms with Crippen LogP contribution in [0.4, 0.5) is 0 Å². The summed E-state index contributed by atoms with van der Waals surface area (Å²) in [5.41, 5.74) is 0. The van der Waals surface area contributed by atoms with Crippen LogP contribution in [0.5, 0.6) is 0 Å². The summed E-state index contributed by atoms with van der Waals surface area (Å²) in [5, 5.41) is 3.25. The van der Waals surface area contributed by atoms with Gasteiger partial charge in [0.1, 0.15) is 5.78 Å². The number of hydrogen-bond donors (Lipinski definition) is 1. The summed E-state index contributed by atoms with van der Waals surface area (Å²) in [6.45, 7) is 1.71. The van der Waals surface area contributed by atoms with Crippen molar-refractivity contribution < 1.29 is 4.79 Å². The fourth-order valence-electron chi connectivity index (χ4n) is 2.02. The molecule has 1 aliphatic carbocycles. The number of Topliss-reactive ketones (excluding diaryl/α,β-unsaturated/α-hetero) is 1. The van der Waals surface area contributed by atoms with Gasteiger partial charge in [0.15, 0.2) is 0 Å². The van der Waals surface area contributed by atoms with Crippen LogP contribution in [0, 0.1) is 5.92 Å². The van der Waals surface area contributed by atoms with Gasteiger partial charge in [0.05, 0.1) is 0 Å². The Morgan fingerprint density at radius 1 is 1.31 bits per heavy atom. The lowest BCUT2D eigenvalue weighted by Gasteiger charge is -2.25. The molecule has 0 aromatic carbocycles. The van der Waals surface area contributed by atoms with E-state index in [0.717, 1.165) is 25.7 Å². The third-order valence-corrected chi connectivity index (χ3v) is 2.83. The van der Waals surface area contributed by atoms with Gasteiger partial charge >= 0.3 is 0 Å². The highest BCUT2D eigenvalue weighted by atomic mass is 16.1. The van der Waals surface area contributed by atoms with E-state index in [9.17, 15) is 4.79 Å². The fourth-order valence-corrected chi connectivity index (χ4v) is 2.02. The minimum absolute atomic E-state index is 0.218. The SMILES string of the molecule is CNC1CC/C=C\CC[C@H]1C(C)=O. The molecule has 0 amide bonds. The van der Waals surface area contributed by atoms with Crippen LogP contribution in [0.25, 0.3) is 0 Å². The van der Waals surface area contributed by atoms with Crippen molar-refractivity contribution >= 4 is 5.78 Å². The van der Waals surface area contributed by atoms with E-state index >= 15 is 0 Å². The van der Waals surface area contributed by atoms with Gasteiger partial charge in [-0.05, 0) is 39.7 Å². The molecule has 0 saturated carbocycles. The number of nitrogens with one attached hydrogen (secondary N) is 1. The zero-order valence-electron chi connectivity index (χ0n) is 8.55. The second kappa shape index (κ2) is 5.18. The smallest absolute Gasteiger partial charge is 0.134 e. The van der Waals surface area contributed by atoms with Crippen LogP contribution < -0.4 is 5.32 Å². The molecule has 1 aliphatic rings. The molecule has 1 rings (SSSR count). The predicted molar refractivity (Wildman–Crippen MR) is 54.6 cm³/mol. The van der Waals surface area contributed by atoms with Crippen molar-refractivity contribution in [2.24, 2.45) is 5.92 Å². The van der Waals surface area contributed by atoms with Gasteiger partial charge in [-0.3, -0.25) is 4.79 Å². The van der Waals surface area contributed by atoms with Crippen molar-refractivity contribution in [3.05, 3.63) is 12.2 Å². The molecule has 0 bridgehead atoms. The number of carbonyl (C=O) groups is 1.